The first-order valence-corrected chi connectivity index (χ1v) is 7.27. The molecule has 1 aromatic rings. The fourth-order valence-electron chi connectivity index (χ4n) is 1.75. The first-order valence-electron chi connectivity index (χ1n) is 5.74. The zero-order valence-corrected chi connectivity index (χ0v) is 11.6. The van der Waals surface area contributed by atoms with E-state index in [0.717, 1.165) is 17.9 Å². The molecule has 1 saturated heterocycles. The van der Waals surface area contributed by atoms with Crippen LogP contribution in [0, 0.1) is 0 Å². The lowest BCUT2D eigenvalue weighted by atomic mass is 10.2. The second-order valence-electron chi connectivity index (χ2n) is 4.16. The van der Waals surface area contributed by atoms with Crippen LogP contribution in [0.1, 0.15) is 16.8 Å². The van der Waals surface area contributed by atoms with Crippen LogP contribution < -0.4 is 10.6 Å². The second kappa shape index (κ2) is 6.16. The number of carbonyl (C=O) groups excluding carboxylic acids is 1. The number of carboxylic acid groups (broad SMARTS) is 1. The van der Waals surface area contributed by atoms with Gasteiger partial charge < -0.3 is 15.7 Å². The van der Waals surface area contributed by atoms with Crippen LogP contribution >= 0.6 is 23.4 Å². The number of carboxylic acids is 1. The Morgan fingerprint density at radius 3 is 2.84 bits per heavy atom. The van der Waals surface area contributed by atoms with Gasteiger partial charge in [-0.1, -0.05) is 11.6 Å². The standard InChI is InChI=1S/C12H13ClN2O3S/c13-9-2-1-7(11(16)17)5-10(9)15-12(18)14-8-3-4-19-6-8/h1-2,5,8H,3-4,6H2,(H,16,17)(H2,14,15,18). The number of anilines is 1. The minimum absolute atomic E-state index is 0.0797. The summed E-state index contributed by atoms with van der Waals surface area (Å²) in [6.07, 6.45) is 0.945. The van der Waals surface area contributed by atoms with E-state index in [-0.39, 0.29) is 17.6 Å². The Hall–Kier alpha value is -1.40. The Morgan fingerprint density at radius 1 is 1.42 bits per heavy atom. The molecule has 0 spiro atoms. The molecule has 19 heavy (non-hydrogen) atoms. The first-order chi connectivity index (χ1) is 9.06. The Kier molecular flexibility index (Phi) is 4.55. The van der Waals surface area contributed by atoms with Crippen LogP contribution in [-0.2, 0) is 0 Å². The summed E-state index contributed by atoms with van der Waals surface area (Å²) in [5, 5.41) is 14.6. The lowest BCUT2D eigenvalue weighted by molar-refractivity contribution is 0.0697. The molecule has 0 saturated carbocycles. The molecule has 0 aliphatic carbocycles. The van der Waals surface area contributed by atoms with Crippen molar-refractivity contribution in [3.63, 3.8) is 0 Å². The molecule has 1 unspecified atom stereocenters. The normalized spacial score (nSPS) is 18.1. The number of thioether (sulfide) groups is 1. The molecule has 1 aliphatic rings. The van der Waals surface area contributed by atoms with Crippen LogP contribution in [0.15, 0.2) is 18.2 Å². The van der Waals surface area contributed by atoms with Crippen molar-refractivity contribution >= 4 is 41.1 Å². The zero-order valence-electron chi connectivity index (χ0n) is 9.98. The fraction of sp³-hybridized carbons (Fsp3) is 0.333. The number of urea groups is 1. The van der Waals surface area contributed by atoms with Crippen LogP contribution in [0.25, 0.3) is 0 Å². The molecule has 2 rings (SSSR count). The highest BCUT2D eigenvalue weighted by Gasteiger charge is 2.18. The van der Waals surface area contributed by atoms with Crippen molar-refractivity contribution in [3.8, 4) is 0 Å². The van der Waals surface area contributed by atoms with Gasteiger partial charge in [-0.3, -0.25) is 0 Å². The lowest BCUT2D eigenvalue weighted by Crippen LogP contribution is -2.37. The summed E-state index contributed by atoms with van der Waals surface area (Å²) in [7, 11) is 0. The third kappa shape index (κ3) is 3.78. The summed E-state index contributed by atoms with van der Waals surface area (Å²) < 4.78 is 0. The minimum Gasteiger partial charge on any atom is -0.478 e. The maximum absolute atomic E-state index is 11.8. The van der Waals surface area contributed by atoms with Crippen LogP contribution in [0.3, 0.4) is 0 Å². The van der Waals surface area contributed by atoms with Gasteiger partial charge in [0, 0.05) is 11.8 Å². The molecule has 1 aliphatic heterocycles. The van der Waals surface area contributed by atoms with E-state index >= 15 is 0 Å². The third-order valence-corrected chi connectivity index (χ3v) is 4.22. The van der Waals surface area contributed by atoms with Crippen LogP contribution in [0.2, 0.25) is 5.02 Å². The molecular weight excluding hydrogens is 288 g/mol. The van der Waals surface area contributed by atoms with Crippen molar-refractivity contribution in [2.24, 2.45) is 0 Å². The molecule has 1 fully saturated rings. The Bertz CT molecular complexity index is 504. The van der Waals surface area contributed by atoms with Crippen molar-refractivity contribution in [1.82, 2.24) is 5.32 Å². The third-order valence-electron chi connectivity index (χ3n) is 2.73. The van der Waals surface area contributed by atoms with Crippen molar-refractivity contribution in [1.29, 1.82) is 0 Å². The van der Waals surface area contributed by atoms with Gasteiger partial charge >= 0.3 is 12.0 Å². The van der Waals surface area contributed by atoms with Gasteiger partial charge in [-0.05, 0) is 30.4 Å². The number of nitrogens with one attached hydrogen (secondary N) is 2. The Morgan fingerprint density at radius 2 is 2.21 bits per heavy atom. The molecule has 7 heteroatoms. The smallest absolute Gasteiger partial charge is 0.335 e. The van der Waals surface area contributed by atoms with Gasteiger partial charge in [0.05, 0.1) is 16.3 Å². The van der Waals surface area contributed by atoms with E-state index in [1.54, 1.807) is 11.8 Å². The average Bonchev–Trinajstić information content (AvgIpc) is 2.84. The summed E-state index contributed by atoms with van der Waals surface area (Å²) in [4.78, 5) is 22.6. The molecule has 102 valence electrons. The first kappa shape index (κ1) is 14.0. The van der Waals surface area contributed by atoms with Gasteiger partial charge in [0.2, 0.25) is 0 Å². The van der Waals surface area contributed by atoms with E-state index < -0.39 is 5.97 Å². The van der Waals surface area contributed by atoms with Gasteiger partial charge in [-0.2, -0.15) is 11.8 Å². The fourth-order valence-corrected chi connectivity index (χ4v) is 3.06. The van der Waals surface area contributed by atoms with E-state index in [4.69, 9.17) is 16.7 Å². The summed E-state index contributed by atoms with van der Waals surface area (Å²) in [5.41, 5.74) is 0.376. The number of rotatable bonds is 3. The maximum atomic E-state index is 11.8. The number of amides is 2. The van der Waals surface area contributed by atoms with Crippen LogP contribution in [0.4, 0.5) is 10.5 Å². The maximum Gasteiger partial charge on any atom is 0.335 e. The molecule has 1 heterocycles. The van der Waals surface area contributed by atoms with E-state index in [1.165, 1.54) is 18.2 Å². The molecule has 0 bridgehead atoms. The topological polar surface area (TPSA) is 78.4 Å². The number of aromatic carboxylic acids is 1. The van der Waals surface area contributed by atoms with Gasteiger partial charge in [-0.25, -0.2) is 9.59 Å². The largest absolute Gasteiger partial charge is 0.478 e. The molecule has 1 atom stereocenters. The second-order valence-corrected chi connectivity index (χ2v) is 5.72. The van der Waals surface area contributed by atoms with Gasteiger partial charge in [0.15, 0.2) is 0 Å². The Labute approximate surface area is 119 Å². The zero-order chi connectivity index (χ0) is 13.8. The molecule has 0 aromatic heterocycles. The molecule has 3 N–H and O–H groups in total. The number of carbonyl (C=O) groups is 2. The van der Waals surface area contributed by atoms with E-state index in [2.05, 4.69) is 10.6 Å². The number of halogens is 1. The summed E-state index contributed by atoms with van der Waals surface area (Å²) in [6, 6.07) is 3.98. The summed E-state index contributed by atoms with van der Waals surface area (Å²) in [6.45, 7) is 0. The van der Waals surface area contributed by atoms with Crippen LogP contribution in [-0.4, -0.2) is 34.7 Å². The van der Waals surface area contributed by atoms with E-state index in [1.807, 2.05) is 0 Å². The predicted molar refractivity (Wildman–Crippen MR) is 76.3 cm³/mol. The quantitative estimate of drug-likeness (QED) is 0.802. The molecule has 0 radical (unpaired) electrons. The molecule has 1 aromatic carbocycles. The van der Waals surface area contributed by atoms with Gasteiger partial charge in [0.1, 0.15) is 0 Å². The Balaban J connectivity index is 2.02. The SMILES string of the molecule is O=C(Nc1cc(C(=O)O)ccc1Cl)NC1CCSC1. The van der Waals surface area contributed by atoms with Crippen molar-refractivity contribution < 1.29 is 14.7 Å². The highest BCUT2D eigenvalue weighted by molar-refractivity contribution is 7.99. The van der Waals surface area contributed by atoms with Crippen molar-refractivity contribution in [2.75, 3.05) is 16.8 Å². The number of benzene rings is 1. The van der Waals surface area contributed by atoms with E-state index in [9.17, 15) is 9.59 Å². The van der Waals surface area contributed by atoms with Crippen molar-refractivity contribution in [3.05, 3.63) is 28.8 Å². The highest BCUT2D eigenvalue weighted by Crippen LogP contribution is 2.23. The average molecular weight is 301 g/mol. The predicted octanol–water partition coefficient (Wildman–Crippen LogP) is 2.67. The molecular formula is C12H13ClN2O3S. The van der Waals surface area contributed by atoms with Gasteiger partial charge in [-0.15, -0.1) is 0 Å². The van der Waals surface area contributed by atoms with E-state index in [0.29, 0.717) is 10.7 Å². The minimum atomic E-state index is -1.06. The lowest BCUT2D eigenvalue weighted by Gasteiger charge is -2.13. The van der Waals surface area contributed by atoms with Crippen LogP contribution in [0.5, 0.6) is 0 Å². The molecule has 2 amide bonds. The van der Waals surface area contributed by atoms with Crippen molar-refractivity contribution in [2.45, 2.75) is 12.5 Å². The monoisotopic (exact) mass is 300 g/mol. The number of hydrogen-bond acceptors (Lipinski definition) is 3. The molecule has 5 nitrogen and oxygen atoms in total. The van der Waals surface area contributed by atoms with Gasteiger partial charge in [0.25, 0.3) is 0 Å². The summed E-state index contributed by atoms with van der Waals surface area (Å²) >= 11 is 7.72. The highest BCUT2D eigenvalue weighted by atomic mass is 35.5. The summed E-state index contributed by atoms with van der Waals surface area (Å²) in [5.74, 6) is 0.878. The number of hydrogen-bond donors (Lipinski definition) is 3.